The van der Waals surface area contributed by atoms with E-state index in [0.29, 0.717) is 0 Å². The predicted octanol–water partition coefficient (Wildman–Crippen LogP) is 0.623. The summed E-state index contributed by atoms with van der Waals surface area (Å²) in [5.41, 5.74) is 10.7. The second kappa shape index (κ2) is 6.35. The molecule has 0 radical (unpaired) electrons. The number of thiophene rings is 1. The minimum Gasteiger partial charge on any atom is -0.367 e. The van der Waals surface area contributed by atoms with Crippen molar-refractivity contribution in [3.8, 4) is 10.4 Å². The highest BCUT2D eigenvalue weighted by molar-refractivity contribution is 7.17. The van der Waals surface area contributed by atoms with Gasteiger partial charge in [0.15, 0.2) is 6.04 Å². The van der Waals surface area contributed by atoms with Gasteiger partial charge in [0.1, 0.15) is 5.82 Å². The molecule has 0 saturated heterocycles. The van der Waals surface area contributed by atoms with Crippen molar-refractivity contribution in [3.05, 3.63) is 47.1 Å². The molecule has 1 aromatic carbocycles. The second-order valence-electron chi connectivity index (χ2n) is 4.38. The van der Waals surface area contributed by atoms with Crippen LogP contribution in [0.15, 0.2) is 36.4 Å². The van der Waals surface area contributed by atoms with Gasteiger partial charge in [-0.15, -0.1) is 11.3 Å². The summed E-state index contributed by atoms with van der Waals surface area (Å²) in [4.78, 5) is 35.1. The van der Waals surface area contributed by atoms with Crippen LogP contribution >= 0.6 is 11.3 Å². The molecule has 6 nitrogen and oxygen atoms in total. The van der Waals surface area contributed by atoms with Crippen molar-refractivity contribution in [2.24, 2.45) is 11.5 Å². The van der Waals surface area contributed by atoms with Crippen LogP contribution in [0.4, 0.5) is 4.39 Å². The molecule has 22 heavy (non-hydrogen) atoms. The molecule has 0 bridgehead atoms. The SMILES string of the molecule is NC(=O)C(NC(=O)c1ccc(-c2ccc(F)cc2)s1)C(N)=O. The Morgan fingerprint density at radius 1 is 1.00 bits per heavy atom. The highest BCUT2D eigenvalue weighted by Crippen LogP contribution is 2.28. The standard InChI is InChI=1S/C14H12FN3O3S/c15-8-3-1-7(2-4-8)9-5-6-10(22-9)14(21)18-11(12(16)19)13(17)20/h1-6,11H,(H2,16,19)(H2,17,20)(H,18,21). The van der Waals surface area contributed by atoms with Crippen LogP contribution < -0.4 is 16.8 Å². The number of carbonyl (C=O) groups is 3. The fraction of sp³-hybridized carbons (Fsp3) is 0.0714. The maximum atomic E-state index is 12.9. The molecule has 0 spiro atoms. The summed E-state index contributed by atoms with van der Waals surface area (Å²) < 4.78 is 12.9. The first kappa shape index (κ1) is 15.6. The highest BCUT2D eigenvalue weighted by Gasteiger charge is 2.25. The van der Waals surface area contributed by atoms with E-state index in [4.69, 9.17) is 11.5 Å². The highest BCUT2D eigenvalue weighted by atomic mass is 32.1. The summed E-state index contributed by atoms with van der Waals surface area (Å²) in [5, 5.41) is 2.17. The molecule has 0 aliphatic heterocycles. The van der Waals surface area contributed by atoms with Crippen molar-refractivity contribution in [2.45, 2.75) is 6.04 Å². The Bertz CT molecular complexity index is 713. The third kappa shape index (κ3) is 3.47. The molecule has 8 heteroatoms. The Kier molecular flexibility index (Phi) is 4.52. The Hall–Kier alpha value is -2.74. The number of amides is 3. The first-order valence-electron chi connectivity index (χ1n) is 6.14. The lowest BCUT2D eigenvalue weighted by Crippen LogP contribution is -2.52. The minimum atomic E-state index is -1.57. The number of nitrogens with one attached hydrogen (secondary N) is 1. The van der Waals surface area contributed by atoms with Gasteiger partial charge < -0.3 is 16.8 Å². The summed E-state index contributed by atoms with van der Waals surface area (Å²) in [5.74, 6) is -3.06. The molecule has 1 heterocycles. The molecule has 114 valence electrons. The molecule has 1 aromatic heterocycles. The molecule has 2 aromatic rings. The number of hydrogen-bond donors (Lipinski definition) is 3. The average Bonchev–Trinajstić information content (AvgIpc) is 2.94. The Balaban J connectivity index is 2.17. The van der Waals surface area contributed by atoms with E-state index in [0.717, 1.165) is 21.8 Å². The quantitative estimate of drug-likeness (QED) is 0.701. The van der Waals surface area contributed by atoms with E-state index in [1.165, 1.54) is 18.2 Å². The van der Waals surface area contributed by atoms with Crippen molar-refractivity contribution < 1.29 is 18.8 Å². The maximum absolute atomic E-state index is 12.9. The number of halogens is 1. The molecule has 5 N–H and O–H groups in total. The average molecular weight is 321 g/mol. The zero-order valence-electron chi connectivity index (χ0n) is 11.2. The predicted molar refractivity (Wildman–Crippen MR) is 79.4 cm³/mol. The normalized spacial score (nSPS) is 10.5. The van der Waals surface area contributed by atoms with E-state index in [1.54, 1.807) is 18.2 Å². The Morgan fingerprint density at radius 2 is 1.59 bits per heavy atom. The summed E-state index contributed by atoms with van der Waals surface area (Å²) in [7, 11) is 0. The van der Waals surface area contributed by atoms with Gasteiger partial charge in [0, 0.05) is 4.88 Å². The van der Waals surface area contributed by atoms with Crippen LogP contribution in [-0.2, 0) is 9.59 Å². The number of carbonyl (C=O) groups excluding carboxylic acids is 3. The van der Waals surface area contributed by atoms with Crippen LogP contribution in [-0.4, -0.2) is 23.8 Å². The lowest BCUT2D eigenvalue weighted by atomic mass is 10.2. The van der Waals surface area contributed by atoms with E-state index in [1.807, 2.05) is 0 Å². The van der Waals surface area contributed by atoms with Crippen LogP contribution in [0.1, 0.15) is 9.67 Å². The molecule has 0 fully saturated rings. The van der Waals surface area contributed by atoms with Gasteiger partial charge in [-0.25, -0.2) is 4.39 Å². The van der Waals surface area contributed by atoms with Crippen LogP contribution in [0.25, 0.3) is 10.4 Å². The van der Waals surface area contributed by atoms with Gasteiger partial charge in [-0.1, -0.05) is 12.1 Å². The maximum Gasteiger partial charge on any atom is 0.262 e. The number of rotatable bonds is 5. The fourth-order valence-electron chi connectivity index (χ4n) is 1.71. The van der Waals surface area contributed by atoms with Crippen LogP contribution in [0.2, 0.25) is 0 Å². The van der Waals surface area contributed by atoms with E-state index in [2.05, 4.69) is 5.32 Å². The molecular weight excluding hydrogens is 309 g/mol. The molecule has 0 unspecified atom stereocenters. The zero-order chi connectivity index (χ0) is 16.3. The second-order valence-corrected chi connectivity index (χ2v) is 5.47. The first-order chi connectivity index (χ1) is 10.4. The minimum absolute atomic E-state index is 0.270. The largest absolute Gasteiger partial charge is 0.367 e. The molecule has 0 saturated carbocycles. The molecule has 0 aliphatic carbocycles. The summed E-state index contributed by atoms with van der Waals surface area (Å²) in [6.07, 6.45) is 0. The topological polar surface area (TPSA) is 115 Å². The van der Waals surface area contributed by atoms with E-state index in [-0.39, 0.29) is 10.7 Å². The van der Waals surface area contributed by atoms with Gasteiger partial charge in [0.2, 0.25) is 11.8 Å². The van der Waals surface area contributed by atoms with Crippen molar-refractivity contribution in [1.82, 2.24) is 5.32 Å². The third-order valence-corrected chi connectivity index (χ3v) is 3.94. The third-order valence-electron chi connectivity index (χ3n) is 2.80. The van der Waals surface area contributed by atoms with Gasteiger partial charge >= 0.3 is 0 Å². The molecule has 3 amide bonds. The van der Waals surface area contributed by atoms with Crippen molar-refractivity contribution in [2.75, 3.05) is 0 Å². The lowest BCUT2D eigenvalue weighted by Gasteiger charge is -2.10. The lowest BCUT2D eigenvalue weighted by molar-refractivity contribution is -0.128. The van der Waals surface area contributed by atoms with Crippen LogP contribution in [0.5, 0.6) is 0 Å². The van der Waals surface area contributed by atoms with Gasteiger partial charge in [0.05, 0.1) is 4.88 Å². The summed E-state index contributed by atoms with van der Waals surface area (Å²) >= 11 is 1.13. The van der Waals surface area contributed by atoms with Crippen molar-refractivity contribution >= 4 is 29.1 Å². The van der Waals surface area contributed by atoms with Crippen molar-refractivity contribution in [1.29, 1.82) is 0 Å². The van der Waals surface area contributed by atoms with Crippen LogP contribution in [0.3, 0.4) is 0 Å². The van der Waals surface area contributed by atoms with E-state index >= 15 is 0 Å². The first-order valence-corrected chi connectivity index (χ1v) is 6.95. The van der Waals surface area contributed by atoms with E-state index < -0.39 is 23.8 Å². The summed E-state index contributed by atoms with van der Waals surface area (Å²) in [6, 6.07) is 7.42. The zero-order valence-corrected chi connectivity index (χ0v) is 12.0. The molecule has 0 aliphatic rings. The number of benzene rings is 1. The Labute approximate surface area is 128 Å². The number of primary amides is 2. The van der Waals surface area contributed by atoms with Gasteiger partial charge in [-0.2, -0.15) is 0 Å². The van der Waals surface area contributed by atoms with Gasteiger partial charge in [0.25, 0.3) is 5.91 Å². The smallest absolute Gasteiger partial charge is 0.262 e. The monoisotopic (exact) mass is 321 g/mol. The van der Waals surface area contributed by atoms with Gasteiger partial charge in [-0.3, -0.25) is 14.4 Å². The molecule has 2 rings (SSSR count). The summed E-state index contributed by atoms with van der Waals surface area (Å²) in [6.45, 7) is 0. The fourth-order valence-corrected chi connectivity index (χ4v) is 2.63. The van der Waals surface area contributed by atoms with E-state index in [9.17, 15) is 18.8 Å². The van der Waals surface area contributed by atoms with Gasteiger partial charge in [-0.05, 0) is 29.8 Å². The molecule has 0 atom stereocenters. The molecular formula is C14H12FN3O3S. The Morgan fingerprint density at radius 3 is 2.14 bits per heavy atom. The van der Waals surface area contributed by atoms with Crippen molar-refractivity contribution in [3.63, 3.8) is 0 Å². The number of nitrogens with two attached hydrogens (primary N) is 2. The number of hydrogen-bond acceptors (Lipinski definition) is 4. The van der Waals surface area contributed by atoms with Crippen LogP contribution in [0, 0.1) is 5.82 Å².